The van der Waals surface area contributed by atoms with Crippen molar-refractivity contribution >= 4 is 18.3 Å². The van der Waals surface area contributed by atoms with E-state index < -0.39 is 0 Å². The topological polar surface area (TPSA) is 50.4 Å². The molecule has 0 bridgehead atoms. The summed E-state index contributed by atoms with van der Waals surface area (Å²) in [6.07, 6.45) is 5.08. The maximum atomic E-state index is 11.4. The second kappa shape index (κ2) is 7.09. The molecule has 1 heterocycles. The Bertz CT molecular complexity index is 216. The van der Waals surface area contributed by atoms with Crippen molar-refractivity contribution in [1.82, 2.24) is 10.6 Å². The van der Waals surface area contributed by atoms with Crippen molar-refractivity contribution in [1.29, 1.82) is 0 Å². The zero-order valence-electron chi connectivity index (χ0n) is 9.54. The van der Waals surface area contributed by atoms with E-state index in [1.54, 1.807) is 0 Å². The van der Waals surface area contributed by atoms with E-state index in [0.29, 0.717) is 12.0 Å². The maximum Gasteiger partial charge on any atom is 0.246 e. The van der Waals surface area contributed by atoms with Gasteiger partial charge < -0.3 is 15.4 Å². The highest BCUT2D eigenvalue weighted by atomic mass is 35.5. The van der Waals surface area contributed by atoms with Crippen LogP contribution in [0.3, 0.4) is 0 Å². The van der Waals surface area contributed by atoms with Gasteiger partial charge in [0.15, 0.2) is 0 Å². The van der Waals surface area contributed by atoms with Gasteiger partial charge in [0.25, 0.3) is 0 Å². The molecule has 1 aliphatic carbocycles. The summed E-state index contributed by atoms with van der Waals surface area (Å²) in [5, 5.41) is 6.08. The Balaban J connectivity index is 0.00000128. The Hall–Kier alpha value is -0.320. The Morgan fingerprint density at radius 2 is 2.00 bits per heavy atom. The molecule has 0 aromatic heterocycles. The fourth-order valence-electron chi connectivity index (χ4n) is 2.05. The van der Waals surface area contributed by atoms with Crippen molar-refractivity contribution in [3.63, 3.8) is 0 Å². The SMILES string of the molecule is Cl.O=C(COC1CCCC1)NCC1CNC1. The van der Waals surface area contributed by atoms with Crippen LogP contribution in [0.4, 0.5) is 0 Å². The highest BCUT2D eigenvalue weighted by molar-refractivity contribution is 5.85. The number of hydrogen-bond acceptors (Lipinski definition) is 3. The largest absolute Gasteiger partial charge is 0.368 e. The summed E-state index contributed by atoms with van der Waals surface area (Å²) in [5.41, 5.74) is 0. The molecule has 2 aliphatic rings. The molecule has 0 aromatic carbocycles. The van der Waals surface area contributed by atoms with Crippen molar-refractivity contribution in [2.45, 2.75) is 31.8 Å². The van der Waals surface area contributed by atoms with E-state index in [2.05, 4.69) is 10.6 Å². The van der Waals surface area contributed by atoms with Crippen molar-refractivity contribution in [2.24, 2.45) is 5.92 Å². The smallest absolute Gasteiger partial charge is 0.246 e. The molecule has 2 rings (SSSR count). The third kappa shape index (κ3) is 4.28. The maximum absolute atomic E-state index is 11.4. The van der Waals surface area contributed by atoms with Crippen LogP contribution in [-0.2, 0) is 9.53 Å². The first-order valence-electron chi connectivity index (χ1n) is 5.93. The van der Waals surface area contributed by atoms with E-state index in [1.807, 2.05) is 0 Å². The Morgan fingerprint density at radius 3 is 2.56 bits per heavy atom. The highest BCUT2D eigenvalue weighted by Crippen LogP contribution is 2.20. The zero-order chi connectivity index (χ0) is 10.5. The lowest BCUT2D eigenvalue weighted by Crippen LogP contribution is -2.48. The number of nitrogens with one attached hydrogen (secondary N) is 2. The quantitative estimate of drug-likeness (QED) is 0.753. The summed E-state index contributed by atoms with van der Waals surface area (Å²) in [6.45, 7) is 3.10. The van der Waals surface area contributed by atoms with Crippen molar-refractivity contribution in [3.8, 4) is 0 Å². The van der Waals surface area contributed by atoms with Gasteiger partial charge in [0.05, 0.1) is 6.10 Å². The second-order valence-electron chi connectivity index (χ2n) is 4.55. The first kappa shape index (κ1) is 13.7. The standard InChI is InChI=1S/C11H20N2O2.ClH/c14-11(13-7-9-5-12-6-9)8-15-10-3-1-2-4-10;/h9-10,12H,1-8H2,(H,13,14);1H. The van der Waals surface area contributed by atoms with Crippen LogP contribution in [-0.4, -0.2) is 38.3 Å². The molecule has 0 unspecified atom stereocenters. The molecule has 0 atom stereocenters. The van der Waals surface area contributed by atoms with E-state index in [4.69, 9.17) is 4.74 Å². The van der Waals surface area contributed by atoms with Gasteiger partial charge in [-0.05, 0) is 12.8 Å². The van der Waals surface area contributed by atoms with Gasteiger partial charge in [-0.15, -0.1) is 12.4 Å². The van der Waals surface area contributed by atoms with E-state index in [9.17, 15) is 4.79 Å². The average Bonchev–Trinajstić information content (AvgIpc) is 2.64. The third-order valence-corrected chi connectivity index (χ3v) is 3.21. The lowest BCUT2D eigenvalue weighted by molar-refractivity contribution is -0.127. The molecule has 1 saturated heterocycles. The molecule has 2 N–H and O–H groups in total. The fourth-order valence-corrected chi connectivity index (χ4v) is 2.05. The van der Waals surface area contributed by atoms with Crippen molar-refractivity contribution < 1.29 is 9.53 Å². The first-order valence-corrected chi connectivity index (χ1v) is 5.93. The van der Waals surface area contributed by atoms with Gasteiger partial charge in [0.2, 0.25) is 5.91 Å². The molecule has 5 heteroatoms. The number of rotatable bonds is 5. The van der Waals surface area contributed by atoms with Crippen molar-refractivity contribution in [2.75, 3.05) is 26.2 Å². The summed E-state index contributed by atoms with van der Waals surface area (Å²) in [4.78, 5) is 11.4. The number of ether oxygens (including phenoxy) is 1. The van der Waals surface area contributed by atoms with E-state index in [0.717, 1.165) is 32.5 Å². The van der Waals surface area contributed by atoms with Crippen LogP contribution in [0.2, 0.25) is 0 Å². The molecule has 1 saturated carbocycles. The number of halogens is 1. The molecular formula is C11H21ClN2O2. The predicted octanol–water partition coefficient (Wildman–Crippen LogP) is 0.703. The summed E-state index contributed by atoms with van der Waals surface area (Å²) in [6, 6.07) is 0. The first-order chi connectivity index (χ1) is 7.34. The van der Waals surface area contributed by atoms with Gasteiger partial charge in [0, 0.05) is 25.6 Å². The minimum atomic E-state index is 0. The summed E-state index contributed by atoms with van der Waals surface area (Å²) in [7, 11) is 0. The Kier molecular flexibility index (Phi) is 6.09. The minimum absolute atomic E-state index is 0. The van der Waals surface area contributed by atoms with E-state index in [-0.39, 0.29) is 24.9 Å². The Morgan fingerprint density at radius 1 is 1.31 bits per heavy atom. The number of carbonyl (C=O) groups is 1. The van der Waals surface area contributed by atoms with E-state index in [1.165, 1.54) is 12.8 Å². The number of hydrogen-bond donors (Lipinski definition) is 2. The lowest BCUT2D eigenvalue weighted by Gasteiger charge is -2.27. The minimum Gasteiger partial charge on any atom is -0.368 e. The highest BCUT2D eigenvalue weighted by Gasteiger charge is 2.19. The summed E-state index contributed by atoms with van der Waals surface area (Å²) >= 11 is 0. The molecule has 16 heavy (non-hydrogen) atoms. The normalized spacial score (nSPS) is 21.2. The van der Waals surface area contributed by atoms with Crippen LogP contribution in [0.25, 0.3) is 0 Å². The second-order valence-corrected chi connectivity index (χ2v) is 4.55. The summed E-state index contributed by atoms with van der Waals surface area (Å²) in [5.74, 6) is 0.661. The average molecular weight is 249 g/mol. The molecule has 94 valence electrons. The van der Waals surface area contributed by atoms with Gasteiger partial charge in [-0.25, -0.2) is 0 Å². The number of amides is 1. The van der Waals surface area contributed by atoms with Gasteiger partial charge in [0.1, 0.15) is 6.61 Å². The molecule has 1 aliphatic heterocycles. The van der Waals surface area contributed by atoms with Gasteiger partial charge in [-0.1, -0.05) is 12.8 Å². The lowest BCUT2D eigenvalue weighted by atomic mass is 10.0. The van der Waals surface area contributed by atoms with Crippen LogP contribution in [0.5, 0.6) is 0 Å². The van der Waals surface area contributed by atoms with Crippen LogP contribution in [0, 0.1) is 5.92 Å². The molecule has 4 nitrogen and oxygen atoms in total. The molecular weight excluding hydrogens is 228 g/mol. The van der Waals surface area contributed by atoms with E-state index >= 15 is 0 Å². The zero-order valence-corrected chi connectivity index (χ0v) is 10.4. The molecule has 1 amide bonds. The third-order valence-electron chi connectivity index (χ3n) is 3.21. The fraction of sp³-hybridized carbons (Fsp3) is 0.909. The monoisotopic (exact) mass is 248 g/mol. The molecule has 0 radical (unpaired) electrons. The van der Waals surface area contributed by atoms with Crippen LogP contribution >= 0.6 is 12.4 Å². The number of carbonyl (C=O) groups excluding carboxylic acids is 1. The van der Waals surface area contributed by atoms with Crippen LogP contribution in [0.15, 0.2) is 0 Å². The Labute approximate surface area is 103 Å². The molecule has 2 fully saturated rings. The van der Waals surface area contributed by atoms with Crippen LogP contribution in [0.1, 0.15) is 25.7 Å². The van der Waals surface area contributed by atoms with Crippen LogP contribution < -0.4 is 10.6 Å². The predicted molar refractivity (Wildman–Crippen MR) is 64.8 cm³/mol. The van der Waals surface area contributed by atoms with Crippen molar-refractivity contribution in [3.05, 3.63) is 0 Å². The summed E-state index contributed by atoms with van der Waals surface area (Å²) < 4.78 is 5.52. The van der Waals surface area contributed by atoms with Gasteiger partial charge >= 0.3 is 0 Å². The van der Waals surface area contributed by atoms with Gasteiger partial charge in [-0.2, -0.15) is 0 Å². The molecule has 0 spiro atoms. The molecule has 0 aromatic rings. The van der Waals surface area contributed by atoms with Gasteiger partial charge in [-0.3, -0.25) is 4.79 Å².